The number of carbonyl (C=O) groups is 2. The van der Waals surface area contributed by atoms with Crippen LogP contribution in [0.1, 0.15) is 22.5 Å². The van der Waals surface area contributed by atoms with Crippen molar-refractivity contribution in [2.45, 2.75) is 30.7 Å². The van der Waals surface area contributed by atoms with Gasteiger partial charge in [-0.2, -0.15) is 0 Å². The van der Waals surface area contributed by atoms with Crippen LogP contribution in [0.25, 0.3) is 0 Å². The molecule has 162 valence electrons. The molecule has 0 aliphatic carbocycles. The van der Waals surface area contributed by atoms with Crippen LogP contribution >= 0.6 is 34.7 Å². The number of H-pyrrole nitrogens is 1. The van der Waals surface area contributed by atoms with E-state index in [4.69, 9.17) is 11.6 Å². The molecule has 0 atom stereocenters. The van der Waals surface area contributed by atoms with Gasteiger partial charge in [0.1, 0.15) is 0 Å². The van der Waals surface area contributed by atoms with Gasteiger partial charge in [-0.15, -0.1) is 11.3 Å². The van der Waals surface area contributed by atoms with E-state index in [1.165, 1.54) is 23.1 Å². The van der Waals surface area contributed by atoms with E-state index in [1.54, 1.807) is 25.4 Å². The van der Waals surface area contributed by atoms with Crippen molar-refractivity contribution in [3.05, 3.63) is 67.5 Å². The van der Waals surface area contributed by atoms with Gasteiger partial charge in [-0.25, -0.2) is 9.97 Å². The van der Waals surface area contributed by atoms with Crippen molar-refractivity contribution < 1.29 is 9.59 Å². The van der Waals surface area contributed by atoms with Gasteiger partial charge in [0.2, 0.25) is 11.8 Å². The standard InChI is InChI=1S/C20H20ClN5O3S2/c1-11-15(8-17(28)25-20-24-14(10-31-20)7-16(27)22-2)18(29)26-19(23-11)30-9-12-4-3-5-13(21)6-12/h3-6,10H,7-9H2,1-2H3,(H,22,27)(H,23,26,29)(H,24,25,28). The zero-order valence-electron chi connectivity index (χ0n) is 16.8. The number of rotatable bonds is 8. The van der Waals surface area contributed by atoms with Gasteiger partial charge in [-0.05, 0) is 24.6 Å². The summed E-state index contributed by atoms with van der Waals surface area (Å²) >= 11 is 8.60. The molecule has 2 heterocycles. The van der Waals surface area contributed by atoms with Crippen LogP contribution in [0.2, 0.25) is 5.02 Å². The molecule has 11 heteroatoms. The van der Waals surface area contributed by atoms with Crippen molar-refractivity contribution >= 4 is 51.6 Å². The van der Waals surface area contributed by atoms with E-state index in [0.717, 1.165) is 5.56 Å². The molecule has 3 aromatic rings. The van der Waals surface area contributed by atoms with Crippen molar-refractivity contribution in [3.63, 3.8) is 0 Å². The highest BCUT2D eigenvalue weighted by Crippen LogP contribution is 2.21. The zero-order chi connectivity index (χ0) is 22.4. The number of amides is 2. The Morgan fingerprint density at radius 3 is 2.74 bits per heavy atom. The lowest BCUT2D eigenvalue weighted by Crippen LogP contribution is -2.24. The van der Waals surface area contributed by atoms with E-state index in [-0.39, 0.29) is 30.2 Å². The molecule has 1 aromatic carbocycles. The molecule has 2 amide bonds. The van der Waals surface area contributed by atoms with E-state index in [2.05, 4.69) is 25.6 Å². The maximum absolute atomic E-state index is 12.5. The number of hydrogen-bond donors (Lipinski definition) is 3. The molecule has 0 unspecified atom stereocenters. The van der Waals surface area contributed by atoms with Crippen LogP contribution in [0.3, 0.4) is 0 Å². The van der Waals surface area contributed by atoms with Gasteiger partial charge >= 0.3 is 0 Å². The largest absolute Gasteiger partial charge is 0.359 e. The molecule has 2 aromatic heterocycles. The average Bonchev–Trinajstić information content (AvgIpc) is 3.15. The topological polar surface area (TPSA) is 117 Å². The molecule has 8 nitrogen and oxygen atoms in total. The highest BCUT2D eigenvalue weighted by atomic mass is 35.5. The van der Waals surface area contributed by atoms with Gasteiger partial charge in [-0.3, -0.25) is 14.4 Å². The quantitative estimate of drug-likeness (QED) is 0.339. The minimum Gasteiger partial charge on any atom is -0.359 e. The number of anilines is 1. The molecular formula is C20H20ClN5O3S2. The normalized spacial score (nSPS) is 10.7. The molecular weight excluding hydrogens is 458 g/mol. The van der Waals surface area contributed by atoms with Crippen LogP contribution in [-0.2, 0) is 28.2 Å². The summed E-state index contributed by atoms with van der Waals surface area (Å²) in [6.07, 6.45) is 0.0116. The Morgan fingerprint density at radius 2 is 2.03 bits per heavy atom. The minimum atomic E-state index is -0.379. The summed E-state index contributed by atoms with van der Waals surface area (Å²) in [4.78, 5) is 47.6. The fraction of sp³-hybridized carbons (Fsp3) is 0.250. The fourth-order valence-corrected chi connectivity index (χ4v) is 4.45. The second-order valence-corrected chi connectivity index (χ2v) is 8.83. The third kappa shape index (κ3) is 6.65. The summed E-state index contributed by atoms with van der Waals surface area (Å²) in [6, 6.07) is 7.47. The SMILES string of the molecule is CNC(=O)Cc1csc(NC(=O)Cc2c(C)nc(SCc3cccc(Cl)c3)[nH]c2=O)n1. The van der Waals surface area contributed by atoms with Gasteiger partial charge in [0, 0.05) is 34.5 Å². The number of aromatic amines is 1. The van der Waals surface area contributed by atoms with Gasteiger partial charge in [-0.1, -0.05) is 35.5 Å². The van der Waals surface area contributed by atoms with Gasteiger partial charge in [0.05, 0.1) is 18.5 Å². The molecule has 3 N–H and O–H groups in total. The number of carbonyl (C=O) groups excluding carboxylic acids is 2. The van der Waals surface area contributed by atoms with Gasteiger partial charge in [0.15, 0.2) is 10.3 Å². The summed E-state index contributed by atoms with van der Waals surface area (Å²) < 4.78 is 0. The third-order valence-corrected chi connectivity index (χ3v) is 6.21. The zero-order valence-corrected chi connectivity index (χ0v) is 19.2. The summed E-state index contributed by atoms with van der Waals surface area (Å²) in [7, 11) is 1.55. The van der Waals surface area contributed by atoms with Crippen molar-refractivity contribution in [1.29, 1.82) is 0 Å². The number of hydrogen-bond acceptors (Lipinski definition) is 7. The maximum atomic E-state index is 12.5. The van der Waals surface area contributed by atoms with Crippen LogP contribution in [-0.4, -0.2) is 33.8 Å². The van der Waals surface area contributed by atoms with Crippen molar-refractivity contribution in [2.24, 2.45) is 0 Å². The number of thiazole rings is 1. The third-order valence-electron chi connectivity index (χ3n) is 4.22. The Kier molecular flexibility index (Phi) is 7.83. The molecule has 0 aliphatic rings. The number of thioether (sulfide) groups is 1. The fourth-order valence-electron chi connectivity index (χ4n) is 2.66. The number of likely N-dealkylation sites (N-methyl/N-ethyl adjacent to an activating group) is 1. The Bertz CT molecular complexity index is 1160. The molecule has 0 bridgehead atoms. The van der Waals surface area contributed by atoms with Crippen LogP contribution in [0, 0.1) is 6.92 Å². The van der Waals surface area contributed by atoms with Gasteiger partial charge < -0.3 is 15.6 Å². The number of aromatic nitrogens is 3. The van der Waals surface area contributed by atoms with Crippen molar-refractivity contribution in [3.8, 4) is 0 Å². The summed E-state index contributed by atoms with van der Waals surface area (Å²) in [5.41, 5.74) is 2.02. The Hall–Kier alpha value is -2.69. The predicted octanol–water partition coefficient (Wildman–Crippen LogP) is 2.95. The average molecular weight is 478 g/mol. The molecule has 0 aliphatic heterocycles. The maximum Gasteiger partial charge on any atom is 0.255 e. The van der Waals surface area contributed by atoms with Crippen LogP contribution in [0.15, 0.2) is 39.6 Å². The molecule has 3 rings (SSSR count). The number of nitrogens with zero attached hydrogens (tertiary/aromatic N) is 2. The minimum absolute atomic E-state index is 0.127. The Labute approximate surface area is 191 Å². The first-order valence-corrected chi connectivity index (χ1v) is 11.5. The van der Waals surface area contributed by atoms with E-state index in [1.807, 2.05) is 18.2 Å². The van der Waals surface area contributed by atoms with E-state index < -0.39 is 0 Å². The number of benzene rings is 1. The first-order valence-electron chi connectivity index (χ1n) is 9.26. The van der Waals surface area contributed by atoms with Gasteiger partial charge in [0.25, 0.3) is 5.56 Å². The van der Waals surface area contributed by atoms with Crippen LogP contribution in [0.5, 0.6) is 0 Å². The first-order chi connectivity index (χ1) is 14.8. The lowest BCUT2D eigenvalue weighted by molar-refractivity contribution is -0.120. The highest BCUT2D eigenvalue weighted by molar-refractivity contribution is 7.98. The summed E-state index contributed by atoms with van der Waals surface area (Å²) in [6.45, 7) is 1.70. The highest BCUT2D eigenvalue weighted by Gasteiger charge is 2.15. The smallest absolute Gasteiger partial charge is 0.255 e. The molecule has 0 radical (unpaired) electrons. The Balaban J connectivity index is 1.61. The second kappa shape index (κ2) is 10.6. The summed E-state index contributed by atoms with van der Waals surface area (Å²) in [5, 5.41) is 8.39. The Morgan fingerprint density at radius 1 is 1.23 bits per heavy atom. The monoisotopic (exact) mass is 477 g/mol. The number of aryl methyl sites for hydroxylation is 1. The van der Waals surface area contributed by atoms with E-state index >= 15 is 0 Å². The molecule has 31 heavy (non-hydrogen) atoms. The lowest BCUT2D eigenvalue weighted by Gasteiger charge is -2.07. The number of nitrogens with one attached hydrogen (secondary N) is 3. The number of halogens is 1. The second-order valence-electron chi connectivity index (χ2n) is 6.57. The van der Waals surface area contributed by atoms with Crippen molar-refractivity contribution in [2.75, 3.05) is 12.4 Å². The van der Waals surface area contributed by atoms with Crippen molar-refractivity contribution in [1.82, 2.24) is 20.3 Å². The van der Waals surface area contributed by atoms with E-state index in [9.17, 15) is 14.4 Å². The lowest BCUT2D eigenvalue weighted by atomic mass is 10.1. The van der Waals surface area contributed by atoms with Crippen LogP contribution < -0.4 is 16.2 Å². The van der Waals surface area contributed by atoms with Crippen LogP contribution in [0.4, 0.5) is 5.13 Å². The summed E-state index contributed by atoms with van der Waals surface area (Å²) in [5.74, 6) is 0.0610. The molecule has 0 spiro atoms. The molecule has 0 fully saturated rings. The first kappa shape index (κ1) is 23.0. The molecule has 0 saturated heterocycles. The molecule has 0 saturated carbocycles. The predicted molar refractivity (Wildman–Crippen MR) is 123 cm³/mol. The van der Waals surface area contributed by atoms with E-state index in [0.29, 0.717) is 38.0 Å².